The summed E-state index contributed by atoms with van der Waals surface area (Å²) in [6.45, 7) is 0. The largest absolute Gasteiger partial charge is 0.497 e. The van der Waals surface area contributed by atoms with Crippen LogP contribution in [0.1, 0.15) is 16.8 Å². The molecular weight excluding hydrogens is 192 g/mol. The van der Waals surface area contributed by atoms with Crippen molar-refractivity contribution < 1.29 is 9.53 Å². The molecule has 0 fully saturated rings. The van der Waals surface area contributed by atoms with Gasteiger partial charge >= 0.3 is 0 Å². The number of methoxy groups -OCH3 is 1. The molecule has 0 saturated carbocycles. The van der Waals surface area contributed by atoms with Crippen LogP contribution in [0, 0.1) is 16.7 Å². The van der Waals surface area contributed by atoms with Crippen LogP contribution in [-0.4, -0.2) is 18.6 Å². The molecule has 1 rings (SSSR count). The molecule has 0 radical (unpaired) electrons. The molecule has 0 spiro atoms. The Morgan fingerprint density at radius 3 is 2.53 bits per heavy atom. The second-order valence-electron chi connectivity index (χ2n) is 2.92. The quantitative estimate of drug-likeness (QED) is 0.597. The predicted octanol–water partition coefficient (Wildman–Crippen LogP) is 1.81. The number of carbonyl (C=O) groups excluding carboxylic acids is 1. The van der Waals surface area contributed by atoms with Crippen molar-refractivity contribution in [3.05, 3.63) is 29.8 Å². The molecule has 1 aromatic carbocycles. The van der Waals surface area contributed by atoms with Gasteiger partial charge in [0.1, 0.15) is 17.5 Å². The van der Waals surface area contributed by atoms with E-state index in [1.165, 1.54) is 0 Å². The Morgan fingerprint density at radius 1 is 1.47 bits per heavy atom. The van der Waals surface area contributed by atoms with E-state index in [-0.39, 0.29) is 17.9 Å². The number of nitrogens with one attached hydrogen (secondary N) is 1. The van der Waals surface area contributed by atoms with E-state index in [9.17, 15) is 4.79 Å². The van der Waals surface area contributed by atoms with Crippen molar-refractivity contribution in [2.45, 2.75) is 6.42 Å². The first kappa shape index (κ1) is 10.9. The number of rotatable bonds is 4. The second kappa shape index (κ2) is 4.91. The second-order valence-corrected chi connectivity index (χ2v) is 2.92. The van der Waals surface area contributed by atoms with Gasteiger partial charge in [-0.25, -0.2) is 0 Å². The summed E-state index contributed by atoms with van der Waals surface area (Å²) in [6, 6.07) is 8.20. The number of benzene rings is 1. The van der Waals surface area contributed by atoms with Crippen LogP contribution in [0.2, 0.25) is 0 Å². The molecular formula is C11H10N2O2. The first-order valence-electron chi connectivity index (χ1n) is 4.32. The Hall–Kier alpha value is -2.15. The molecule has 4 heteroatoms. The van der Waals surface area contributed by atoms with Crippen LogP contribution in [0.5, 0.6) is 5.75 Å². The summed E-state index contributed by atoms with van der Waals surface area (Å²) in [4.78, 5) is 11.5. The molecule has 1 N–H and O–H groups in total. The van der Waals surface area contributed by atoms with Gasteiger partial charge in [0.05, 0.1) is 13.5 Å². The third kappa shape index (κ3) is 2.92. The highest BCUT2D eigenvalue weighted by Gasteiger charge is 2.08. The number of Topliss-reactive ketones (excluding diaryl/α,β-unsaturated/α-hetero) is 1. The van der Waals surface area contributed by atoms with Crippen molar-refractivity contribution in [1.29, 1.82) is 10.7 Å². The van der Waals surface area contributed by atoms with Crippen LogP contribution in [-0.2, 0) is 0 Å². The molecule has 4 nitrogen and oxygen atoms in total. The predicted molar refractivity (Wildman–Crippen MR) is 55.3 cm³/mol. The van der Waals surface area contributed by atoms with E-state index in [1.807, 2.05) is 0 Å². The Balaban J connectivity index is 2.75. The minimum atomic E-state index is -0.232. The van der Waals surface area contributed by atoms with Gasteiger partial charge in [-0.15, -0.1) is 0 Å². The minimum Gasteiger partial charge on any atom is -0.497 e. The van der Waals surface area contributed by atoms with Crippen LogP contribution < -0.4 is 4.74 Å². The van der Waals surface area contributed by atoms with E-state index in [0.717, 1.165) is 0 Å². The van der Waals surface area contributed by atoms with E-state index in [1.54, 1.807) is 37.4 Å². The molecule has 0 amide bonds. The lowest BCUT2D eigenvalue weighted by Gasteiger charge is -2.01. The molecule has 0 aromatic heterocycles. The third-order valence-electron chi connectivity index (χ3n) is 1.88. The van der Waals surface area contributed by atoms with Crippen LogP contribution in [0.15, 0.2) is 24.3 Å². The highest BCUT2D eigenvalue weighted by Crippen LogP contribution is 2.12. The summed E-state index contributed by atoms with van der Waals surface area (Å²) >= 11 is 0. The van der Waals surface area contributed by atoms with E-state index >= 15 is 0 Å². The van der Waals surface area contributed by atoms with Crippen LogP contribution in [0.3, 0.4) is 0 Å². The van der Waals surface area contributed by atoms with Gasteiger partial charge in [0, 0.05) is 5.56 Å². The van der Waals surface area contributed by atoms with E-state index in [0.29, 0.717) is 11.3 Å². The molecule has 0 atom stereocenters. The molecule has 0 saturated heterocycles. The fourth-order valence-electron chi connectivity index (χ4n) is 1.08. The maximum absolute atomic E-state index is 11.5. The fourth-order valence-corrected chi connectivity index (χ4v) is 1.08. The Bertz CT molecular complexity index is 415. The number of hydrogen-bond acceptors (Lipinski definition) is 4. The normalized spacial score (nSPS) is 9.07. The summed E-state index contributed by atoms with van der Waals surface area (Å²) in [5.74, 6) is 0.436. The fraction of sp³-hybridized carbons (Fsp3) is 0.182. The average Bonchev–Trinajstić information content (AvgIpc) is 2.29. The lowest BCUT2D eigenvalue weighted by Crippen LogP contribution is -2.05. The van der Waals surface area contributed by atoms with E-state index < -0.39 is 0 Å². The summed E-state index contributed by atoms with van der Waals surface area (Å²) in [6.07, 6.45) is -0.150. The number of nitrogens with zero attached hydrogens (tertiary/aromatic N) is 1. The van der Waals surface area contributed by atoms with Crippen molar-refractivity contribution in [3.63, 3.8) is 0 Å². The van der Waals surface area contributed by atoms with E-state index in [2.05, 4.69) is 0 Å². The number of hydrogen-bond donors (Lipinski definition) is 1. The first-order chi connectivity index (χ1) is 7.17. The molecule has 0 aliphatic rings. The van der Waals surface area contributed by atoms with Crippen molar-refractivity contribution >= 4 is 11.5 Å². The van der Waals surface area contributed by atoms with Gasteiger partial charge in [-0.1, -0.05) is 0 Å². The van der Waals surface area contributed by atoms with Crippen LogP contribution in [0.4, 0.5) is 0 Å². The van der Waals surface area contributed by atoms with Gasteiger partial charge in [0.2, 0.25) is 0 Å². The topological polar surface area (TPSA) is 73.9 Å². The van der Waals surface area contributed by atoms with Crippen molar-refractivity contribution in [1.82, 2.24) is 0 Å². The summed E-state index contributed by atoms with van der Waals surface area (Å²) in [7, 11) is 1.54. The molecule has 0 aliphatic carbocycles. The summed E-state index contributed by atoms with van der Waals surface area (Å²) in [5.41, 5.74) is 0.256. The molecule has 0 unspecified atom stereocenters. The highest BCUT2D eigenvalue weighted by molar-refractivity contribution is 6.13. The Kier molecular flexibility index (Phi) is 3.58. The van der Waals surface area contributed by atoms with Crippen molar-refractivity contribution in [2.75, 3.05) is 7.11 Å². The van der Waals surface area contributed by atoms with Crippen LogP contribution >= 0.6 is 0 Å². The first-order valence-corrected chi connectivity index (χ1v) is 4.32. The smallest absolute Gasteiger partial charge is 0.169 e. The zero-order valence-electron chi connectivity index (χ0n) is 8.28. The SMILES string of the molecule is COc1ccc(C(=O)CC(=N)C#N)cc1. The summed E-state index contributed by atoms with van der Waals surface area (Å²) < 4.78 is 4.95. The van der Waals surface area contributed by atoms with Crippen LogP contribution in [0.25, 0.3) is 0 Å². The van der Waals surface area contributed by atoms with Crippen molar-refractivity contribution in [2.24, 2.45) is 0 Å². The van der Waals surface area contributed by atoms with E-state index in [4.69, 9.17) is 15.4 Å². The van der Waals surface area contributed by atoms with Gasteiger partial charge in [0.15, 0.2) is 5.78 Å². The third-order valence-corrected chi connectivity index (χ3v) is 1.88. The number of nitriles is 1. The summed E-state index contributed by atoms with van der Waals surface area (Å²) in [5, 5.41) is 15.5. The van der Waals surface area contributed by atoms with Gasteiger partial charge < -0.3 is 4.74 Å². The zero-order chi connectivity index (χ0) is 11.3. The highest BCUT2D eigenvalue weighted by atomic mass is 16.5. The lowest BCUT2D eigenvalue weighted by molar-refractivity contribution is 0.100. The lowest BCUT2D eigenvalue weighted by atomic mass is 10.1. The van der Waals surface area contributed by atoms with Crippen molar-refractivity contribution in [3.8, 4) is 11.8 Å². The van der Waals surface area contributed by atoms with Gasteiger partial charge in [-0.3, -0.25) is 10.2 Å². The van der Waals surface area contributed by atoms with Gasteiger partial charge in [0.25, 0.3) is 0 Å². The molecule has 0 aliphatic heterocycles. The van der Waals surface area contributed by atoms with Gasteiger partial charge in [-0.05, 0) is 24.3 Å². The number of ketones is 1. The van der Waals surface area contributed by atoms with Gasteiger partial charge in [-0.2, -0.15) is 5.26 Å². The monoisotopic (exact) mass is 202 g/mol. The molecule has 0 heterocycles. The Labute approximate surface area is 87.6 Å². The number of ether oxygens (including phenoxy) is 1. The number of carbonyl (C=O) groups is 1. The maximum Gasteiger partial charge on any atom is 0.169 e. The maximum atomic E-state index is 11.5. The Morgan fingerprint density at radius 2 is 2.07 bits per heavy atom. The molecule has 15 heavy (non-hydrogen) atoms. The minimum absolute atomic E-state index is 0.150. The molecule has 1 aromatic rings. The molecule has 0 bridgehead atoms. The average molecular weight is 202 g/mol. The zero-order valence-corrected chi connectivity index (χ0v) is 8.28. The molecule has 76 valence electrons. The standard InChI is InChI=1S/C11H10N2O2/c1-15-10-4-2-8(3-5-10)11(14)6-9(13)7-12/h2-5,13H,6H2,1H3.